The topological polar surface area (TPSA) is 60.7 Å². The van der Waals surface area contributed by atoms with E-state index in [4.69, 9.17) is 11.6 Å². The second kappa shape index (κ2) is 5.77. The van der Waals surface area contributed by atoms with Crippen molar-refractivity contribution in [3.8, 4) is 0 Å². The molecule has 2 rings (SSSR count). The Kier molecular flexibility index (Phi) is 4.23. The second-order valence-corrected chi connectivity index (χ2v) is 6.10. The molecule has 0 N–H and O–H groups in total. The van der Waals surface area contributed by atoms with Crippen LogP contribution in [0, 0.1) is 0 Å². The molecular formula is C15H17ClN4O. The highest BCUT2D eigenvalue weighted by molar-refractivity contribution is 6.28. The van der Waals surface area contributed by atoms with Crippen LogP contribution in [0.5, 0.6) is 0 Å². The molecule has 0 radical (unpaired) electrons. The summed E-state index contributed by atoms with van der Waals surface area (Å²) in [7, 11) is 1.69. The standard InChI is InChI=1S/C15H17ClN4O/c1-15(2,3)13-17-7-10(8-18-13)5-6-12(21)11-9-19-14(16)20(11)4/h5-9H,1-4H3/b6-5+. The average Bonchev–Trinajstić information content (AvgIpc) is 2.76. The zero-order valence-corrected chi connectivity index (χ0v) is 13.2. The van der Waals surface area contributed by atoms with Crippen LogP contribution in [0.2, 0.25) is 5.28 Å². The molecule has 21 heavy (non-hydrogen) atoms. The molecule has 0 aliphatic carbocycles. The summed E-state index contributed by atoms with van der Waals surface area (Å²) in [5.41, 5.74) is 1.11. The first-order valence-corrected chi connectivity index (χ1v) is 6.89. The van der Waals surface area contributed by atoms with Crippen molar-refractivity contribution >= 4 is 23.5 Å². The van der Waals surface area contributed by atoms with Gasteiger partial charge in [0.25, 0.3) is 0 Å². The van der Waals surface area contributed by atoms with E-state index in [1.54, 1.807) is 25.5 Å². The highest BCUT2D eigenvalue weighted by Crippen LogP contribution is 2.17. The smallest absolute Gasteiger partial charge is 0.203 e. The minimum absolute atomic E-state index is 0.0937. The van der Waals surface area contributed by atoms with Gasteiger partial charge in [-0.3, -0.25) is 4.79 Å². The van der Waals surface area contributed by atoms with E-state index in [0.29, 0.717) is 5.69 Å². The molecule has 2 aromatic rings. The van der Waals surface area contributed by atoms with Crippen molar-refractivity contribution in [2.24, 2.45) is 7.05 Å². The Bertz CT molecular complexity index is 681. The summed E-state index contributed by atoms with van der Waals surface area (Å²) in [4.78, 5) is 24.5. The molecule has 0 spiro atoms. The first-order chi connectivity index (χ1) is 9.79. The fourth-order valence-electron chi connectivity index (χ4n) is 1.68. The van der Waals surface area contributed by atoms with E-state index in [1.807, 2.05) is 20.8 Å². The van der Waals surface area contributed by atoms with Crippen LogP contribution in [0.3, 0.4) is 0 Å². The average molecular weight is 305 g/mol. The molecule has 0 saturated carbocycles. The Morgan fingerprint density at radius 2 is 1.81 bits per heavy atom. The van der Waals surface area contributed by atoms with Crippen molar-refractivity contribution < 1.29 is 4.79 Å². The maximum atomic E-state index is 12.0. The minimum atomic E-state index is -0.170. The number of carbonyl (C=O) groups excluding carboxylic acids is 1. The number of hydrogen-bond acceptors (Lipinski definition) is 4. The van der Waals surface area contributed by atoms with E-state index < -0.39 is 0 Å². The van der Waals surface area contributed by atoms with E-state index >= 15 is 0 Å². The van der Waals surface area contributed by atoms with Crippen molar-refractivity contribution in [3.05, 3.63) is 47.0 Å². The first kappa shape index (κ1) is 15.4. The van der Waals surface area contributed by atoms with Gasteiger partial charge in [0.05, 0.1) is 6.20 Å². The number of hydrogen-bond donors (Lipinski definition) is 0. The van der Waals surface area contributed by atoms with E-state index in [1.165, 1.54) is 16.8 Å². The number of imidazole rings is 1. The third-order valence-corrected chi connectivity index (χ3v) is 3.30. The van der Waals surface area contributed by atoms with Crippen molar-refractivity contribution in [1.82, 2.24) is 19.5 Å². The molecule has 0 aromatic carbocycles. The van der Waals surface area contributed by atoms with Crippen LogP contribution in [0.4, 0.5) is 0 Å². The summed E-state index contributed by atoms with van der Waals surface area (Å²) in [5.74, 6) is 0.598. The largest absolute Gasteiger partial charge is 0.315 e. The quantitative estimate of drug-likeness (QED) is 0.646. The molecule has 0 aliphatic rings. The molecule has 0 bridgehead atoms. The summed E-state index contributed by atoms with van der Waals surface area (Å²) in [5, 5.41) is 0.282. The van der Waals surface area contributed by atoms with Crippen LogP contribution in [0.1, 0.15) is 42.6 Å². The molecule has 2 aromatic heterocycles. The second-order valence-electron chi connectivity index (χ2n) is 5.76. The van der Waals surface area contributed by atoms with E-state index in [0.717, 1.165) is 11.4 Å². The van der Waals surface area contributed by atoms with Crippen molar-refractivity contribution in [1.29, 1.82) is 0 Å². The number of nitrogens with zero attached hydrogens (tertiary/aromatic N) is 4. The van der Waals surface area contributed by atoms with Gasteiger partial charge in [-0.1, -0.05) is 20.8 Å². The van der Waals surface area contributed by atoms with Crippen LogP contribution >= 0.6 is 11.6 Å². The highest BCUT2D eigenvalue weighted by Gasteiger charge is 2.16. The number of halogens is 1. The predicted molar refractivity (Wildman–Crippen MR) is 82.3 cm³/mol. The van der Waals surface area contributed by atoms with Crippen molar-refractivity contribution in [2.45, 2.75) is 26.2 Å². The lowest BCUT2D eigenvalue weighted by Crippen LogP contribution is -2.15. The summed E-state index contributed by atoms with van der Waals surface area (Å²) < 4.78 is 1.54. The lowest BCUT2D eigenvalue weighted by atomic mass is 9.96. The third kappa shape index (κ3) is 3.55. The summed E-state index contributed by atoms with van der Waals surface area (Å²) in [6.07, 6.45) is 7.99. The Morgan fingerprint density at radius 3 is 2.29 bits per heavy atom. The van der Waals surface area contributed by atoms with Crippen molar-refractivity contribution in [2.75, 3.05) is 0 Å². The zero-order chi connectivity index (χ0) is 15.6. The van der Waals surface area contributed by atoms with Gasteiger partial charge in [0.2, 0.25) is 11.1 Å². The molecule has 0 atom stereocenters. The fraction of sp³-hybridized carbons (Fsp3) is 0.333. The summed E-state index contributed by atoms with van der Waals surface area (Å²) in [6, 6.07) is 0. The number of rotatable bonds is 3. The van der Waals surface area contributed by atoms with Gasteiger partial charge in [-0.2, -0.15) is 0 Å². The zero-order valence-electron chi connectivity index (χ0n) is 12.5. The van der Waals surface area contributed by atoms with Gasteiger partial charge < -0.3 is 4.57 Å². The minimum Gasteiger partial charge on any atom is -0.315 e. The van der Waals surface area contributed by atoms with Gasteiger partial charge in [-0.25, -0.2) is 15.0 Å². The molecule has 0 aliphatic heterocycles. The maximum Gasteiger partial charge on any atom is 0.203 e. The molecule has 0 saturated heterocycles. The number of aromatic nitrogens is 4. The van der Waals surface area contributed by atoms with Crippen LogP contribution < -0.4 is 0 Å². The van der Waals surface area contributed by atoms with Crippen LogP contribution in [0.25, 0.3) is 6.08 Å². The van der Waals surface area contributed by atoms with Gasteiger partial charge in [-0.05, 0) is 23.8 Å². The Labute approximate surface area is 128 Å². The molecule has 5 nitrogen and oxygen atoms in total. The number of carbonyl (C=O) groups is 1. The normalized spacial score (nSPS) is 12.0. The Morgan fingerprint density at radius 1 is 1.19 bits per heavy atom. The molecular weight excluding hydrogens is 288 g/mol. The first-order valence-electron chi connectivity index (χ1n) is 6.51. The SMILES string of the molecule is Cn1c(C(=O)/C=C/c2cnc(C(C)(C)C)nc2)cnc1Cl. The Hall–Kier alpha value is -2.01. The van der Waals surface area contributed by atoms with E-state index in [9.17, 15) is 4.79 Å². The fourth-order valence-corrected chi connectivity index (χ4v) is 1.82. The van der Waals surface area contributed by atoms with Crippen LogP contribution in [-0.4, -0.2) is 25.3 Å². The maximum absolute atomic E-state index is 12.0. The number of allylic oxidation sites excluding steroid dienone is 1. The third-order valence-electron chi connectivity index (χ3n) is 2.95. The van der Waals surface area contributed by atoms with E-state index in [-0.39, 0.29) is 16.5 Å². The van der Waals surface area contributed by atoms with Gasteiger partial charge in [0.15, 0.2) is 0 Å². The lowest BCUT2D eigenvalue weighted by molar-refractivity contribution is 0.104. The van der Waals surface area contributed by atoms with Gasteiger partial charge in [0, 0.05) is 30.4 Å². The van der Waals surface area contributed by atoms with Gasteiger partial charge in [-0.15, -0.1) is 0 Å². The molecule has 110 valence electrons. The molecule has 6 heteroatoms. The molecule has 0 unspecified atom stereocenters. The monoisotopic (exact) mass is 304 g/mol. The predicted octanol–water partition coefficient (Wildman–Crippen LogP) is 3.06. The highest BCUT2D eigenvalue weighted by atomic mass is 35.5. The Balaban J connectivity index is 2.14. The van der Waals surface area contributed by atoms with Gasteiger partial charge in [0.1, 0.15) is 11.5 Å². The number of ketones is 1. The molecule has 2 heterocycles. The van der Waals surface area contributed by atoms with Crippen molar-refractivity contribution in [3.63, 3.8) is 0 Å². The van der Waals surface area contributed by atoms with Gasteiger partial charge >= 0.3 is 0 Å². The lowest BCUT2D eigenvalue weighted by Gasteiger charge is -2.15. The molecule has 0 fully saturated rings. The molecule has 0 amide bonds. The van der Waals surface area contributed by atoms with Crippen LogP contribution in [-0.2, 0) is 12.5 Å². The van der Waals surface area contributed by atoms with Crippen LogP contribution in [0.15, 0.2) is 24.7 Å². The van der Waals surface area contributed by atoms with E-state index in [2.05, 4.69) is 15.0 Å². The summed E-state index contributed by atoms with van der Waals surface area (Å²) >= 11 is 5.81. The summed E-state index contributed by atoms with van der Waals surface area (Å²) in [6.45, 7) is 6.15.